The zero-order chi connectivity index (χ0) is 20.6. The minimum atomic E-state index is -0.00613. The minimum Gasteiger partial charge on any atom is -0.339 e. The molecular formula is C23H22BrClN2O2. The summed E-state index contributed by atoms with van der Waals surface area (Å²) in [6, 6.07) is 13.3. The summed E-state index contributed by atoms with van der Waals surface area (Å²) in [5.74, 6) is 0.0222. The molecule has 6 heteroatoms. The number of carbonyl (C=O) groups excluding carboxylic acids is 2. The van der Waals surface area contributed by atoms with Gasteiger partial charge in [0.1, 0.15) is 0 Å². The number of halogens is 2. The second kappa shape index (κ2) is 7.96. The lowest BCUT2D eigenvalue weighted by Gasteiger charge is -2.53. The van der Waals surface area contributed by atoms with Crippen LogP contribution in [0.5, 0.6) is 0 Å². The van der Waals surface area contributed by atoms with Crippen molar-refractivity contribution in [3.63, 3.8) is 0 Å². The van der Waals surface area contributed by atoms with Crippen LogP contribution in [-0.2, 0) is 4.79 Å². The van der Waals surface area contributed by atoms with Gasteiger partial charge in [-0.25, -0.2) is 0 Å². The Bertz CT molecular complexity index is 975. The fourth-order valence-electron chi connectivity index (χ4n) is 4.32. The van der Waals surface area contributed by atoms with Crippen molar-refractivity contribution in [2.24, 2.45) is 5.41 Å². The molecule has 0 aliphatic carbocycles. The maximum atomic E-state index is 13.3. The van der Waals surface area contributed by atoms with Gasteiger partial charge in [0.2, 0.25) is 5.91 Å². The molecule has 150 valence electrons. The van der Waals surface area contributed by atoms with Crippen LogP contribution in [0.3, 0.4) is 0 Å². The smallest absolute Gasteiger partial charge is 0.254 e. The highest BCUT2D eigenvalue weighted by atomic mass is 79.9. The molecule has 2 aromatic carbocycles. The Kier molecular flexibility index (Phi) is 5.54. The Balaban J connectivity index is 1.51. The van der Waals surface area contributed by atoms with E-state index in [1.54, 1.807) is 0 Å². The third kappa shape index (κ3) is 3.86. The number of hydrogen-bond acceptors (Lipinski definition) is 2. The molecule has 0 unspecified atom stereocenters. The average Bonchev–Trinajstić information content (AvgIpc) is 2.71. The number of hydrogen-bond donors (Lipinski definition) is 0. The van der Waals surface area contributed by atoms with Crippen molar-refractivity contribution in [2.75, 3.05) is 26.2 Å². The van der Waals surface area contributed by atoms with Crippen LogP contribution in [0.4, 0.5) is 0 Å². The Labute approximate surface area is 184 Å². The van der Waals surface area contributed by atoms with E-state index in [2.05, 4.69) is 22.5 Å². The predicted molar refractivity (Wildman–Crippen MR) is 119 cm³/mol. The number of benzene rings is 2. The number of nitrogens with zero attached hydrogens (tertiary/aromatic N) is 2. The Morgan fingerprint density at radius 2 is 1.72 bits per heavy atom. The molecule has 0 aromatic heterocycles. The maximum Gasteiger partial charge on any atom is 0.254 e. The quantitative estimate of drug-likeness (QED) is 0.587. The van der Waals surface area contributed by atoms with Crippen LogP contribution in [0.1, 0.15) is 23.2 Å². The predicted octanol–water partition coefficient (Wildman–Crippen LogP) is 5.02. The lowest BCUT2D eigenvalue weighted by molar-refractivity contribution is -0.140. The minimum absolute atomic E-state index is 0.00613. The molecule has 2 heterocycles. The molecule has 2 aliphatic heterocycles. The standard InChI is InChI=1S/C23H22BrClN2O2/c1-2-21(28)27-14-23(15-27)9-11-26(12-10-23)22(29)18-8-7-16(24)13-19(18)17-5-3-4-6-20(17)25/h2-8,13H,1,9-12,14-15H2. The van der Waals surface area contributed by atoms with E-state index in [0.29, 0.717) is 23.7 Å². The molecular weight excluding hydrogens is 452 g/mol. The van der Waals surface area contributed by atoms with Gasteiger partial charge in [0, 0.05) is 52.2 Å². The highest BCUT2D eigenvalue weighted by Gasteiger charge is 2.46. The van der Waals surface area contributed by atoms with E-state index in [4.69, 9.17) is 11.6 Å². The van der Waals surface area contributed by atoms with Gasteiger partial charge in [-0.3, -0.25) is 9.59 Å². The summed E-state index contributed by atoms with van der Waals surface area (Å²) in [4.78, 5) is 28.8. The Hall–Kier alpha value is -2.11. The van der Waals surface area contributed by atoms with Gasteiger partial charge >= 0.3 is 0 Å². The summed E-state index contributed by atoms with van der Waals surface area (Å²) in [6.07, 6.45) is 3.20. The average molecular weight is 474 g/mol. The summed E-state index contributed by atoms with van der Waals surface area (Å²) in [6.45, 7) is 6.49. The highest BCUT2D eigenvalue weighted by molar-refractivity contribution is 9.10. The van der Waals surface area contributed by atoms with E-state index >= 15 is 0 Å². The molecule has 0 atom stereocenters. The molecule has 0 N–H and O–H groups in total. The normalized spacial score (nSPS) is 17.7. The molecule has 4 rings (SSSR count). The van der Waals surface area contributed by atoms with Crippen molar-refractivity contribution in [1.29, 1.82) is 0 Å². The first kappa shape index (κ1) is 20.2. The first-order valence-corrected chi connectivity index (χ1v) is 10.8. The number of piperidine rings is 1. The topological polar surface area (TPSA) is 40.6 Å². The zero-order valence-corrected chi connectivity index (χ0v) is 18.4. The second-order valence-corrected chi connectivity index (χ2v) is 9.18. The number of carbonyl (C=O) groups is 2. The van der Waals surface area contributed by atoms with Gasteiger partial charge < -0.3 is 9.80 Å². The summed E-state index contributed by atoms with van der Waals surface area (Å²) in [5.41, 5.74) is 2.50. The van der Waals surface area contributed by atoms with Crippen molar-refractivity contribution < 1.29 is 9.59 Å². The van der Waals surface area contributed by atoms with E-state index in [1.165, 1.54) is 6.08 Å². The van der Waals surface area contributed by atoms with Crippen molar-refractivity contribution in [2.45, 2.75) is 12.8 Å². The van der Waals surface area contributed by atoms with E-state index in [-0.39, 0.29) is 17.2 Å². The molecule has 0 radical (unpaired) electrons. The summed E-state index contributed by atoms with van der Waals surface area (Å²) >= 11 is 9.92. The van der Waals surface area contributed by atoms with Crippen LogP contribution in [0.25, 0.3) is 11.1 Å². The molecule has 2 aromatic rings. The lowest BCUT2D eigenvalue weighted by atomic mass is 9.72. The van der Waals surface area contributed by atoms with Gasteiger partial charge in [-0.15, -0.1) is 0 Å². The summed E-state index contributed by atoms with van der Waals surface area (Å²) in [5, 5.41) is 0.624. The molecule has 4 nitrogen and oxygen atoms in total. The van der Waals surface area contributed by atoms with Crippen LogP contribution in [0.2, 0.25) is 5.02 Å². The van der Waals surface area contributed by atoms with Gasteiger partial charge in [0.25, 0.3) is 5.91 Å². The molecule has 2 amide bonds. The third-order valence-electron chi connectivity index (χ3n) is 6.03. The van der Waals surface area contributed by atoms with Gasteiger partial charge in [-0.2, -0.15) is 0 Å². The van der Waals surface area contributed by atoms with E-state index in [0.717, 1.165) is 41.5 Å². The fourth-order valence-corrected chi connectivity index (χ4v) is 4.92. The lowest BCUT2D eigenvalue weighted by Crippen LogP contribution is -2.62. The third-order valence-corrected chi connectivity index (χ3v) is 6.85. The van der Waals surface area contributed by atoms with Crippen LogP contribution in [-0.4, -0.2) is 47.8 Å². The van der Waals surface area contributed by atoms with Crippen LogP contribution in [0, 0.1) is 5.41 Å². The molecule has 2 aliphatic rings. The number of likely N-dealkylation sites (tertiary alicyclic amines) is 2. The maximum absolute atomic E-state index is 13.3. The van der Waals surface area contributed by atoms with Gasteiger partial charge in [0.15, 0.2) is 0 Å². The van der Waals surface area contributed by atoms with Crippen LogP contribution >= 0.6 is 27.5 Å². The van der Waals surface area contributed by atoms with Gasteiger partial charge in [-0.1, -0.05) is 52.3 Å². The van der Waals surface area contributed by atoms with E-state index in [9.17, 15) is 9.59 Å². The SMILES string of the molecule is C=CC(=O)N1CC2(CCN(C(=O)c3ccc(Br)cc3-c3ccccc3Cl)CC2)C1. The Morgan fingerprint density at radius 3 is 2.38 bits per heavy atom. The monoisotopic (exact) mass is 472 g/mol. The summed E-state index contributed by atoms with van der Waals surface area (Å²) in [7, 11) is 0. The van der Waals surface area contributed by atoms with Crippen molar-refractivity contribution in [3.8, 4) is 11.1 Å². The fraction of sp³-hybridized carbons (Fsp3) is 0.304. The van der Waals surface area contributed by atoms with Gasteiger partial charge in [0.05, 0.1) is 0 Å². The highest BCUT2D eigenvalue weighted by Crippen LogP contribution is 2.41. The molecule has 2 saturated heterocycles. The molecule has 29 heavy (non-hydrogen) atoms. The molecule has 0 saturated carbocycles. The van der Waals surface area contributed by atoms with E-state index < -0.39 is 0 Å². The number of amides is 2. The first-order valence-electron chi connectivity index (χ1n) is 9.67. The van der Waals surface area contributed by atoms with Crippen molar-refractivity contribution >= 4 is 39.3 Å². The first-order chi connectivity index (χ1) is 13.9. The van der Waals surface area contributed by atoms with Crippen molar-refractivity contribution in [3.05, 3.63) is 70.2 Å². The molecule has 1 spiro atoms. The second-order valence-electron chi connectivity index (χ2n) is 7.86. The van der Waals surface area contributed by atoms with Crippen LogP contribution < -0.4 is 0 Å². The van der Waals surface area contributed by atoms with Crippen molar-refractivity contribution in [1.82, 2.24) is 9.80 Å². The van der Waals surface area contributed by atoms with Gasteiger partial charge in [-0.05, 0) is 48.7 Å². The molecule has 0 bridgehead atoms. The van der Waals surface area contributed by atoms with Crippen LogP contribution in [0.15, 0.2) is 59.6 Å². The zero-order valence-electron chi connectivity index (χ0n) is 16.0. The number of rotatable bonds is 3. The largest absolute Gasteiger partial charge is 0.339 e. The van der Waals surface area contributed by atoms with E-state index in [1.807, 2.05) is 52.3 Å². The molecule has 2 fully saturated rings. The Morgan fingerprint density at radius 1 is 1.03 bits per heavy atom. The summed E-state index contributed by atoms with van der Waals surface area (Å²) < 4.78 is 0.906.